The molecule has 168 valence electrons. The summed E-state index contributed by atoms with van der Waals surface area (Å²) in [5.41, 5.74) is 2.78. The number of nitrogens with one attached hydrogen (secondary N) is 2. The fraction of sp³-hybridized carbons (Fsp3) is 0.192. The summed E-state index contributed by atoms with van der Waals surface area (Å²) < 4.78 is 13.2. The molecule has 33 heavy (non-hydrogen) atoms. The Hall–Kier alpha value is -4.00. The van der Waals surface area contributed by atoms with E-state index in [1.165, 1.54) is 12.1 Å². The first-order chi connectivity index (χ1) is 15.9. The van der Waals surface area contributed by atoms with Gasteiger partial charge in [0.05, 0.1) is 25.0 Å². The minimum atomic E-state index is -0.520. The SMILES string of the molecule is CC(NC(=O)c1cccc(CN2C(=O)CC(c3ccc(F)cc3)NC2=O)c1)c1ccccc1. The summed E-state index contributed by atoms with van der Waals surface area (Å²) >= 11 is 0. The molecule has 0 bridgehead atoms. The molecule has 3 aromatic carbocycles. The number of urea groups is 1. The number of rotatable bonds is 6. The molecule has 1 fully saturated rings. The van der Waals surface area contributed by atoms with Crippen LogP contribution in [0.3, 0.4) is 0 Å². The lowest BCUT2D eigenvalue weighted by molar-refractivity contribution is -0.130. The summed E-state index contributed by atoms with van der Waals surface area (Å²) in [6, 6.07) is 21.0. The van der Waals surface area contributed by atoms with Gasteiger partial charge in [-0.15, -0.1) is 0 Å². The first-order valence-corrected chi connectivity index (χ1v) is 10.7. The minimum Gasteiger partial charge on any atom is -0.346 e. The van der Waals surface area contributed by atoms with Crippen molar-refractivity contribution in [2.45, 2.75) is 32.0 Å². The average molecular weight is 445 g/mol. The monoisotopic (exact) mass is 445 g/mol. The normalized spacial score (nSPS) is 16.8. The molecule has 2 unspecified atom stereocenters. The van der Waals surface area contributed by atoms with Crippen molar-refractivity contribution in [2.24, 2.45) is 0 Å². The zero-order valence-electron chi connectivity index (χ0n) is 18.1. The van der Waals surface area contributed by atoms with Gasteiger partial charge in [0.15, 0.2) is 0 Å². The lowest BCUT2D eigenvalue weighted by atomic mass is 10.0. The van der Waals surface area contributed by atoms with Crippen molar-refractivity contribution in [1.29, 1.82) is 0 Å². The molecule has 0 aliphatic carbocycles. The molecule has 4 rings (SSSR count). The quantitative estimate of drug-likeness (QED) is 0.586. The Labute approximate surface area is 191 Å². The minimum absolute atomic E-state index is 0.0517. The van der Waals surface area contributed by atoms with Gasteiger partial charge in [0.2, 0.25) is 5.91 Å². The van der Waals surface area contributed by atoms with Crippen LogP contribution < -0.4 is 10.6 Å². The molecule has 0 radical (unpaired) electrons. The predicted molar refractivity (Wildman–Crippen MR) is 122 cm³/mol. The van der Waals surface area contributed by atoms with Crippen molar-refractivity contribution >= 4 is 17.8 Å². The van der Waals surface area contributed by atoms with Crippen LogP contribution in [0.4, 0.5) is 9.18 Å². The maximum atomic E-state index is 13.2. The molecule has 6 nitrogen and oxygen atoms in total. The highest BCUT2D eigenvalue weighted by atomic mass is 19.1. The van der Waals surface area contributed by atoms with Crippen molar-refractivity contribution in [3.8, 4) is 0 Å². The fourth-order valence-electron chi connectivity index (χ4n) is 3.83. The highest BCUT2D eigenvalue weighted by Gasteiger charge is 2.32. The van der Waals surface area contributed by atoms with Crippen molar-refractivity contribution in [2.75, 3.05) is 0 Å². The van der Waals surface area contributed by atoms with E-state index in [9.17, 15) is 18.8 Å². The summed E-state index contributed by atoms with van der Waals surface area (Å²) in [7, 11) is 0. The van der Waals surface area contributed by atoms with Crippen LogP contribution in [0.15, 0.2) is 78.9 Å². The lowest BCUT2D eigenvalue weighted by Gasteiger charge is -2.31. The molecule has 3 aromatic rings. The van der Waals surface area contributed by atoms with Gasteiger partial charge in [0.1, 0.15) is 5.82 Å². The Bertz CT molecular complexity index is 1150. The standard InChI is InChI=1S/C26H24FN3O3/c1-17(19-7-3-2-4-8-19)28-25(32)21-9-5-6-18(14-21)16-30-24(31)15-23(29-26(30)33)20-10-12-22(27)13-11-20/h2-14,17,23H,15-16H2,1H3,(H,28,32)(H,29,33). The van der Waals surface area contributed by atoms with Crippen LogP contribution in [0.2, 0.25) is 0 Å². The van der Waals surface area contributed by atoms with E-state index in [1.807, 2.05) is 37.3 Å². The zero-order valence-corrected chi connectivity index (χ0v) is 18.1. The molecule has 4 amide bonds. The summed E-state index contributed by atoms with van der Waals surface area (Å²) in [5.74, 6) is -0.949. The smallest absolute Gasteiger partial charge is 0.324 e. The molecule has 1 aliphatic heterocycles. The van der Waals surface area contributed by atoms with Crippen molar-refractivity contribution in [3.63, 3.8) is 0 Å². The molecule has 1 saturated heterocycles. The van der Waals surface area contributed by atoms with E-state index >= 15 is 0 Å². The van der Waals surface area contributed by atoms with Gasteiger partial charge in [-0.25, -0.2) is 9.18 Å². The number of amides is 4. The number of carbonyl (C=O) groups excluding carboxylic acids is 3. The molecule has 0 aromatic heterocycles. The summed E-state index contributed by atoms with van der Waals surface area (Å²) in [6.07, 6.45) is 0.0755. The third-order valence-electron chi connectivity index (χ3n) is 5.67. The number of benzene rings is 3. The lowest BCUT2D eigenvalue weighted by Crippen LogP contribution is -2.50. The van der Waals surface area contributed by atoms with Crippen LogP contribution in [0.25, 0.3) is 0 Å². The Balaban J connectivity index is 1.41. The van der Waals surface area contributed by atoms with E-state index in [4.69, 9.17) is 0 Å². The number of halogens is 1. The maximum Gasteiger partial charge on any atom is 0.324 e. The van der Waals surface area contributed by atoms with Gasteiger partial charge in [0.25, 0.3) is 5.91 Å². The van der Waals surface area contributed by atoms with E-state index < -0.39 is 12.1 Å². The van der Waals surface area contributed by atoms with Crippen LogP contribution >= 0.6 is 0 Å². The first-order valence-electron chi connectivity index (χ1n) is 10.7. The maximum absolute atomic E-state index is 13.2. The molecule has 7 heteroatoms. The van der Waals surface area contributed by atoms with Crippen LogP contribution in [-0.4, -0.2) is 22.7 Å². The summed E-state index contributed by atoms with van der Waals surface area (Å²) in [5, 5.41) is 5.76. The molecule has 1 heterocycles. The van der Waals surface area contributed by atoms with Gasteiger partial charge in [0, 0.05) is 5.56 Å². The fourth-order valence-corrected chi connectivity index (χ4v) is 3.83. The largest absolute Gasteiger partial charge is 0.346 e. The molecule has 0 saturated carbocycles. The second-order valence-electron chi connectivity index (χ2n) is 8.04. The number of imide groups is 1. The molecule has 2 atom stereocenters. The Morgan fingerprint density at radius 1 is 1.06 bits per heavy atom. The van der Waals surface area contributed by atoms with Gasteiger partial charge in [-0.2, -0.15) is 0 Å². The van der Waals surface area contributed by atoms with Gasteiger partial charge in [-0.1, -0.05) is 54.6 Å². The predicted octanol–water partition coefficient (Wildman–Crippen LogP) is 4.50. The highest BCUT2D eigenvalue weighted by Crippen LogP contribution is 2.24. The van der Waals surface area contributed by atoms with Crippen molar-refractivity contribution in [1.82, 2.24) is 15.5 Å². The average Bonchev–Trinajstić information content (AvgIpc) is 2.82. The Morgan fingerprint density at radius 2 is 1.79 bits per heavy atom. The van der Waals surface area contributed by atoms with Crippen molar-refractivity contribution < 1.29 is 18.8 Å². The Morgan fingerprint density at radius 3 is 2.48 bits per heavy atom. The molecule has 0 spiro atoms. The van der Waals surface area contributed by atoms with E-state index in [0.29, 0.717) is 16.7 Å². The first kappa shape index (κ1) is 22.2. The molecular formula is C26H24FN3O3. The van der Waals surface area contributed by atoms with E-state index in [1.54, 1.807) is 36.4 Å². The second kappa shape index (κ2) is 9.65. The van der Waals surface area contributed by atoms with Crippen LogP contribution in [-0.2, 0) is 11.3 Å². The molecule has 1 aliphatic rings. The van der Waals surface area contributed by atoms with Gasteiger partial charge in [-0.3, -0.25) is 14.5 Å². The van der Waals surface area contributed by atoms with Crippen LogP contribution in [0.1, 0.15) is 52.5 Å². The number of hydrogen-bond donors (Lipinski definition) is 2. The second-order valence-corrected chi connectivity index (χ2v) is 8.04. The number of nitrogens with zero attached hydrogens (tertiary/aromatic N) is 1. The third-order valence-corrected chi connectivity index (χ3v) is 5.67. The third kappa shape index (κ3) is 5.26. The zero-order chi connectivity index (χ0) is 23.4. The number of carbonyl (C=O) groups is 3. The van der Waals surface area contributed by atoms with E-state index in [2.05, 4.69) is 10.6 Å². The van der Waals surface area contributed by atoms with Crippen LogP contribution in [0, 0.1) is 5.82 Å². The summed E-state index contributed by atoms with van der Waals surface area (Å²) in [4.78, 5) is 39.2. The topological polar surface area (TPSA) is 78.5 Å². The van der Waals surface area contributed by atoms with E-state index in [0.717, 1.165) is 10.5 Å². The van der Waals surface area contributed by atoms with Crippen LogP contribution in [0.5, 0.6) is 0 Å². The molecular weight excluding hydrogens is 421 g/mol. The van der Waals surface area contributed by atoms with Gasteiger partial charge in [-0.05, 0) is 47.9 Å². The highest BCUT2D eigenvalue weighted by molar-refractivity contribution is 5.97. The van der Waals surface area contributed by atoms with Gasteiger partial charge < -0.3 is 10.6 Å². The Kier molecular flexibility index (Phi) is 6.49. The number of hydrogen-bond acceptors (Lipinski definition) is 3. The van der Waals surface area contributed by atoms with E-state index in [-0.39, 0.29) is 36.6 Å². The van der Waals surface area contributed by atoms with Crippen molar-refractivity contribution in [3.05, 3.63) is 107 Å². The summed E-state index contributed by atoms with van der Waals surface area (Å²) in [6.45, 7) is 1.96. The van der Waals surface area contributed by atoms with Gasteiger partial charge >= 0.3 is 6.03 Å². The molecule has 2 N–H and O–H groups in total.